The molecule has 3 aliphatic carbocycles. The van der Waals surface area contributed by atoms with Gasteiger partial charge in [0.2, 0.25) is 0 Å². The molecule has 4 nitrogen and oxygen atoms in total. The molecule has 4 heteroatoms. The van der Waals surface area contributed by atoms with Crippen molar-refractivity contribution in [3.05, 3.63) is 35.7 Å². The fraction of sp³-hybridized carbons (Fsp3) is 0.714. The van der Waals surface area contributed by atoms with Gasteiger partial charge in [0, 0.05) is 37.6 Å². The van der Waals surface area contributed by atoms with Crippen LogP contribution in [0.15, 0.2) is 30.0 Å². The molecular weight excluding hydrogens is 312 g/mol. The summed E-state index contributed by atoms with van der Waals surface area (Å²) in [5.41, 5.74) is 3.25. The number of aliphatic hydroxyl groups excluding tert-OH is 1. The summed E-state index contributed by atoms with van der Waals surface area (Å²) < 4.78 is 8.22. The highest BCUT2D eigenvalue weighted by Gasteiger charge is 2.50. The third-order valence-corrected chi connectivity index (χ3v) is 7.08. The molecule has 0 spiro atoms. The van der Waals surface area contributed by atoms with Gasteiger partial charge in [-0.05, 0) is 54.7 Å². The van der Waals surface area contributed by atoms with Gasteiger partial charge in [0.05, 0.1) is 19.3 Å². The SMILES string of the molecule is C[C@H]1c2cccn2CCN1C[C@@H](O)COCC1=CC[C@@H]2C[C@@H]1C2(C)C. The largest absolute Gasteiger partial charge is 0.389 e. The van der Waals surface area contributed by atoms with Crippen LogP contribution in [0.5, 0.6) is 0 Å². The highest BCUT2D eigenvalue weighted by molar-refractivity contribution is 5.23. The molecule has 0 saturated heterocycles. The van der Waals surface area contributed by atoms with Gasteiger partial charge in [0.25, 0.3) is 0 Å². The first-order valence-corrected chi connectivity index (χ1v) is 9.80. The minimum absolute atomic E-state index is 0.354. The Balaban J connectivity index is 1.24. The minimum Gasteiger partial charge on any atom is -0.389 e. The standard InChI is InChI=1S/C21H32N2O2/c1-15-20-5-4-8-22(20)9-10-23(15)12-18(24)14-25-13-16-6-7-17-11-19(16)21(17,2)3/h4-6,8,15,17-19,24H,7,9-14H2,1-3H3/t15-,17+,18+,19-/m0/s1. The van der Waals surface area contributed by atoms with Gasteiger partial charge in [-0.25, -0.2) is 0 Å². The number of ether oxygens (including phenoxy) is 1. The average Bonchev–Trinajstić information content (AvgIpc) is 3.07. The summed E-state index contributed by atoms with van der Waals surface area (Å²) in [7, 11) is 0. The van der Waals surface area contributed by atoms with E-state index in [1.165, 1.54) is 24.1 Å². The summed E-state index contributed by atoms with van der Waals surface area (Å²) in [5, 5.41) is 10.4. The monoisotopic (exact) mass is 344 g/mol. The Bertz CT molecular complexity index is 648. The fourth-order valence-corrected chi connectivity index (χ4v) is 5.15. The number of allylic oxidation sites excluding steroid dienone is 1. The molecule has 1 fully saturated rings. The van der Waals surface area contributed by atoms with Gasteiger partial charge in [0.1, 0.15) is 0 Å². The van der Waals surface area contributed by atoms with Gasteiger partial charge >= 0.3 is 0 Å². The van der Waals surface area contributed by atoms with Crippen LogP contribution in [-0.2, 0) is 11.3 Å². The summed E-state index contributed by atoms with van der Waals surface area (Å²) in [6.07, 6.45) is 6.64. The molecule has 4 aliphatic rings. The van der Waals surface area contributed by atoms with Gasteiger partial charge in [-0.1, -0.05) is 19.9 Å². The lowest BCUT2D eigenvalue weighted by Gasteiger charge is -2.56. The number of fused-ring (bicyclic) bond motifs is 2. The first-order valence-electron chi connectivity index (χ1n) is 9.80. The van der Waals surface area contributed by atoms with Crippen LogP contribution in [0.1, 0.15) is 45.3 Å². The Morgan fingerprint density at radius 2 is 2.20 bits per heavy atom. The number of rotatable bonds is 6. The molecule has 5 rings (SSSR count). The van der Waals surface area contributed by atoms with Crippen molar-refractivity contribution in [1.82, 2.24) is 9.47 Å². The Morgan fingerprint density at radius 1 is 1.36 bits per heavy atom. The van der Waals surface area contributed by atoms with Gasteiger partial charge < -0.3 is 14.4 Å². The summed E-state index contributed by atoms with van der Waals surface area (Å²) in [6.45, 7) is 10.8. The van der Waals surface area contributed by atoms with E-state index in [1.807, 2.05) is 0 Å². The Kier molecular flexibility index (Phi) is 4.55. The summed E-state index contributed by atoms with van der Waals surface area (Å²) >= 11 is 0. The number of β-amino-alcohol motifs (C(OH)–C–C–N with tert-alkyl or cyclic N) is 1. The van der Waals surface area contributed by atoms with E-state index in [0.29, 0.717) is 37.1 Å². The van der Waals surface area contributed by atoms with E-state index in [4.69, 9.17) is 4.74 Å². The third kappa shape index (κ3) is 3.09. The summed E-state index contributed by atoms with van der Waals surface area (Å²) in [5.74, 6) is 1.56. The molecule has 1 aliphatic heterocycles. The molecule has 0 unspecified atom stereocenters. The molecule has 0 radical (unpaired) electrons. The van der Waals surface area contributed by atoms with E-state index in [1.54, 1.807) is 0 Å². The van der Waals surface area contributed by atoms with Crippen LogP contribution in [0.3, 0.4) is 0 Å². The van der Waals surface area contributed by atoms with E-state index in [9.17, 15) is 5.11 Å². The highest BCUT2D eigenvalue weighted by atomic mass is 16.5. The highest BCUT2D eigenvalue weighted by Crippen LogP contribution is 2.59. The number of aromatic nitrogens is 1. The van der Waals surface area contributed by atoms with E-state index in [0.717, 1.165) is 19.0 Å². The molecule has 2 heterocycles. The van der Waals surface area contributed by atoms with Crippen molar-refractivity contribution in [2.75, 3.05) is 26.3 Å². The van der Waals surface area contributed by atoms with Gasteiger partial charge in [-0.15, -0.1) is 0 Å². The molecule has 1 saturated carbocycles. The lowest BCUT2D eigenvalue weighted by Crippen LogP contribution is -2.48. The van der Waals surface area contributed by atoms with Gasteiger partial charge in [-0.2, -0.15) is 0 Å². The quantitative estimate of drug-likeness (QED) is 0.805. The first kappa shape index (κ1) is 17.3. The zero-order chi connectivity index (χ0) is 17.6. The fourth-order valence-electron chi connectivity index (χ4n) is 5.15. The number of nitrogens with zero attached hydrogens (tertiary/aromatic N) is 2. The second-order valence-corrected chi connectivity index (χ2v) is 8.79. The predicted molar refractivity (Wildman–Crippen MR) is 99.3 cm³/mol. The molecule has 2 bridgehead atoms. The Labute approximate surface area is 151 Å². The molecule has 25 heavy (non-hydrogen) atoms. The van der Waals surface area contributed by atoms with Crippen molar-refractivity contribution >= 4 is 0 Å². The number of aliphatic hydroxyl groups is 1. The zero-order valence-electron chi connectivity index (χ0n) is 15.8. The van der Waals surface area contributed by atoms with Crippen LogP contribution in [0.4, 0.5) is 0 Å². The maximum Gasteiger partial charge on any atom is 0.0900 e. The predicted octanol–water partition coefficient (Wildman–Crippen LogP) is 3.23. The first-order chi connectivity index (χ1) is 12.0. The molecule has 1 aromatic heterocycles. The lowest BCUT2D eigenvalue weighted by atomic mass is 9.49. The molecule has 4 atom stereocenters. The minimum atomic E-state index is -0.421. The summed E-state index contributed by atoms with van der Waals surface area (Å²) in [6, 6.07) is 4.65. The van der Waals surface area contributed by atoms with Crippen molar-refractivity contribution in [2.24, 2.45) is 17.3 Å². The van der Waals surface area contributed by atoms with E-state index in [-0.39, 0.29) is 0 Å². The second-order valence-electron chi connectivity index (χ2n) is 8.79. The molecule has 138 valence electrons. The maximum atomic E-state index is 10.4. The van der Waals surface area contributed by atoms with Crippen LogP contribution in [0.2, 0.25) is 0 Å². The van der Waals surface area contributed by atoms with E-state index in [2.05, 4.69) is 54.6 Å². The molecular formula is C21H32N2O2. The average molecular weight is 344 g/mol. The van der Waals surface area contributed by atoms with Crippen LogP contribution in [0.25, 0.3) is 0 Å². The Hall–Kier alpha value is -1.10. The van der Waals surface area contributed by atoms with Crippen LogP contribution in [-0.4, -0.2) is 47.0 Å². The number of hydrogen-bond acceptors (Lipinski definition) is 3. The van der Waals surface area contributed by atoms with Gasteiger partial charge in [-0.3, -0.25) is 4.90 Å². The van der Waals surface area contributed by atoms with E-state index >= 15 is 0 Å². The third-order valence-electron chi connectivity index (χ3n) is 7.08. The normalized spacial score (nSPS) is 31.8. The maximum absolute atomic E-state index is 10.4. The van der Waals surface area contributed by atoms with Crippen LogP contribution >= 0.6 is 0 Å². The molecule has 0 amide bonds. The smallest absolute Gasteiger partial charge is 0.0900 e. The Morgan fingerprint density at radius 3 is 2.96 bits per heavy atom. The molecule has 1 N–H and O–H groups in total. The van der Waals surface area contributed by atoms with Crippen LogP contribution in [0, 0.1) is 17.3 Å². The molecule has 0 aromatic carbocycles. The van der Waals surface area contributed by atoms with Gasteiger partial charge in [0.15, 0.2) is 0 Å². The number of hydrogen-bond donors (Lipinski definition) is 1. The van der Waals surface area contributed by atoms with Crippen molar-refractivity contribution in [1.29, 1.82) is 0 Å². The topological polar surface area (TPSA) is 37.6 Å². The zero-order valence-corrected chi connectivity index (χ0v) is 15.8. The van der Waals surface area contributed by atoms with Crippen molar-refractivity contribution in [3.8, 4) is 0 Å². The van der Waals surface area contributed by atoms with Crippen molar-refractivity contribution < 1.29 is 9.84 Å². The summed E-state index contributed by atoms with van der Waals surface area (Å²) in [4.78, 5) is 2.36. The van der Waals surface area contributed by atoms with E-state index < -0.39 is 6.10 Å². The lowest BCUT2D eigenvalue weighted by molar-refractivity contribution is -0.0281. The van der Waals surface area contributed by atoms with Crippen molar-refractivity contribution in [3.63, 3.8) is 0 Å². The van der Waals surface area contributed by atoms with Crippen LogP contribution < -0.4 is 0 Å². The second kappa shape index (κ2) is 6.57. The molecule has 1 aromatic rings. The van der Waals surface area contributed by atoms with Crippen molar-refractivity contribution in [2.45, 2.75) is 52.3 Å².